The van der Waals surface area contributed by atoms with Gasteiger partial charge in [-0.1, -0.05) is 26.2 Å². The lowest BCUT2D eigenvalue weighted by Crippen LogP contribution is -2.15. The summed E-state index contributed by atoms with van der Waals surface area (Å²) in [5.74, 6) is 0.350. The van der Waals surface area contributed by atoms with E-state index < -0.39 is 6.61 Å². The fourth-order valence-corrected chi connectivity index (χ4v) is 2.01. The minimum atomic E-state index is -2.86. The number of hydrogen-bond acceptors (Lipinski definition) is 3. The molecule has 1 rings (SSSR count). The molecule has 0 amide bonds. The summed E-state index contributed by atoms with van der Waals surface area (Å²) in [5.41, 5.74) is 0.755. The summed E-state index contributed by atoms with van der Waals surface area (Å²) >= 11 is 0. The van der Waals surface area contributed by atoms with Gasteiger partial charge in [0.15, 0.2) is 11.5 Å². The van der Waals surface area contributed by atoms with Crippen LogP contribution in [0.4, 0.5) is 14.5 Å². The Morgan fingerprint density at radius 2 is 1.95 bits per heavy atom. The van der Waals surface area contributed by atoms with Crippen LogP contribution in [0.2, 0.25) is 0 Å². The number of benzene rings is 1. The largest absolute Gasteiger partial charge is 0.493 e. The summed E-state index contributed by atoms with van der Waals surface area (Å²) in [5, 5.41) is 3.29. The Balaban J connectivity index is 2.66. The van der Waals surface area contributed by atoms with E-state index in [-0.39, 0.29) is 11.8 Å². The fraction of sp³-hybridized carbons (Fsp3) is 0.600. The smallest absolute Gasteiger partial charge is 0.387 e. The van der Waals surface area contributed by atoms with E-state index in [1.165, 1.54) is 20.0 Å². The molecule has 0 aliphatic carbocycles. The lowest BCUT2D eigenvalue weighted by atomic mass is 10.1. The molecule has 3 nitrogen and oxygen atoms in total. The van der Waals surface area contributed by atoms with E-state index in [0.717, 1.165) is 18.5 Å². The van der Waals surface area contributed by atoms with E-state index in [4.69, 9.17) is 4.74 Å². The van der Waals surface area contributed by atoms with Crippen molar-refractivity contribution in [2.75, 3.05) is 12.4 Å². The van der Waals surface area contributed by atoms with Crippen molar-refractivity contribution in [3.8, 4) is 11.5 Å². The van der Waals surface area contributed by atoms with Crippen molar-refractivity contribution >= 4 is 5.69 Å². The molecule has 0 radical (unpaired) electrons. The topological polar surface area (TPSA) is 30.5 Å². The zero-order valence-corrected chi connectivity index (χ0v) is 12.3. The SMILES string of the molecule is CCCCCC(C)Nc1ccc(OC)c(OC(F)F)c1. The van der Waals surface area contributed by atoms with Crippen molar-refractivity contribution in [3.63, 3.8) is 0 Å². The van der Waals surface area contributed by atoms with Crippen LogP contribution in [0.5, 0.6) is 11.5 Å². The maximum Gasteiger partial charge on any atom is 0.387 e. The number of alkyl halides is 2. The van der Waals surface area contributed by atoms with Gasteiger partial charge in [0.05, 0.1) is 7.11 Å². The predicted octanol–water partition coefficient (Wildman–Crippen LogP) is 4.68. The summed E-state index contributed by atoms with van der Waals surface area (Å²) in [7, 11) is 1.42. The molecule has 0 aliphatic rings. The van der Waals surface area contributed by atoms with E-state index in [9.17, 15) is 8.78 Å². The molecule has 0 saturated carbocycles. The van der Waals surface area contributed by atoms with Crippen LogP contribution in [0.3, 0.4) is 0 Å². The molecule has 1 N–H and O–H groups in total. The lowest BCUT2D eigenvalue weighted by Gasteiger charge is -2.17. The Bertz CT molecular complexity index is 399. The average molecular weight is 287 g/mol. The molecule has 0 aromatic heterocycles. The molecular formula is C15H23F2NO2. The second kappa shape index (κ2) is 8.61. The molecule has 20 heavy (non-hydrogen) atoms. The highest BCUT2D eigenvalue weighted by Crippen LogP contribution is 2.31. The highest BCUT2D eigenvalue weighted by Gasteiger charge is 2.12. The zero-order chi connectivity index (χ0) is 15.0. The van der Waals surface area contributed by atoms with Crippen molar-refractivity contribution in [3.05, 3.63) is 18.2 Å². The molecule has 1 unspecified atom stereocenters. The molecule has 1 aromatic rings. The molecular weight excluding hydrogens is 264 g/mol. The molecule has 1 aromatic carbocycles. The minimum absolute atomic E-state index is 0.0493. The second-order valence-corrected chi connectivity index (χ2v) is 4.79. The third-order valence-corrected chi connectivity index (χ3v) is 3.03. The molecule has 114 valence electrons. The van der Waals surface area contributed by atoms with Crippen molar-refractivity contribution in [2.24, 2.45) is 0 Å². The quantitative estimate of drug-likeness (QED) is 0.669. The third kappa shape index (κ3) is 5.63. The van der Waals surface area contributed by atoms with Crippen molar-refractivity contribution in [1.29, 1.82) is 0 Å². The number of halogens is 2. The zero-order valence-electron chi connectivity index (χ0n) is 12.3. The molecule has 0 heterocycles. The summed E-state index contributed by atoms with van der Waals surface area (Å²) in [6.07, 6.45) is 4.59. The van der Waals surface area contributed by atoms with E-state index >= 15 is 0 Å². The lowest BCUT2D eigenvalue weighted by molar-refractivity contribution is -0.0511. The van der Waals surface area contributed by atoms with Crippen LogP contribution in [0.15, 0.2) is 18.2 Å². The summed E-state index contributed by atoms with van der Waals surface area (Å²) < 4.78 is 34.1. The van der Waals surface area contributed by atoms with E-state index in [1.807, 2.05) is 0 Å². The third-order valence-electron chi connectivity index (χ3n) is 3.03. The number of methoxy groups -OCH3 is 1. The fourth-order valence-electron chi connectivity index (χ4n) is 2.01. The predicted molar refractivity (Wildman–Crippen MR) is 76.9 cm³/mol. The van der Waals surface area contributed by atoms with Gasteiger partial charge in [0.2, 0.25) is 0 Å². The van der Waals surface area contributed by atoms with E-state index in [2.05, 4.69) is 23.9 Å². The monoisotopic (exact) mass is 287 g/mol. The maximum atomic E-state index is 12.3. The molecule has 0 saturated heterocycles. The Labute approximate surface area is 119 Å². The summed E-state index contributed by atoms with van der Waals surface area (Å²) in [4.78, 5) is 0. The van der Waals surface area contributed by atoms with Gasteiger partial charge in [-0.05, 0) is 25.5 Å². The Hall–Kier alpha value is -1.52. The van der Waals surface area contributed by atoms with Gasteiger partial charge in [-0.15, -0.1) is 0 Å². The van der Waals surface area contributed by atoms with Crippen LogP contribution in [0.25, 0.3) is 0 Å². The van der Waals surface area contributed by atoms with Crippen LogP contribution in [0, 0.1) is 0 Å². The Morgan fingerprint density at radius 1 is 1.20 bits per heavy atom. The molecule has 0 spiro atoms. The standard InChI is InChI=1S/C15H23F2NO2/c1-4-5-6-7-11(2)18-12-8-9-13(19-3)14(10-12)20-15(16)17/h8-11,15,18H,4-7H2,1-3H3. The first kappa shape index (κ1) is 16.5. The van der Waals surface area contributed by atoms with E-state index in [1.54, 1.807) is 18.2 Å². The van der Waals surface area contributed by atoms with Gasteiger partial charge in [-0.3, -0.25) is 0 Å². The Kier molecular flexibility index (Phi) is 7.12. The van der Waals surface area contributed by atoms with Crippen LogP contribution < -0.4 is 14.8 Å². The van der Waals surface area contributed by atoms with Crippen molar-refractivity contribution in [1.82, 2.24) is 0 Å². The van der Waals surface area contributed by atoms with Crippen LogP contribution >= 0.6 is 0 Å². The number of ether oxygens (including phenoxy) is 2. The number of hydrogen-bond donors (Lipinski definition) is 1. The molecule has 0 fully saturated rings. The summed E-state index contributed by atoms with van der Waals surface area (Å²) in [6.45, 7) is 1.38. The van der Waals surface area contributed by atoms with Gasteiger partial charge in [-0.2, -0.15) is 8.78 Å². The average Bonchev–Trinajstić information content (AvgIpc) is 2.38. The van der Waals surface area contributed by atoms with Gasteiger partial charge in [0, 0.05) is 17.8 Å². The molecule has 0 aliphatic heterocycles. The molecule has 1 atom stereocenters. The van der Waals surface area contributed by atoms with Crippen LogP contribution in [-0.4, -0.2) is 19.8 Å². The first-order valence-electron chi connectivity index (χ1n) is 6.96. The van der Waals surface area contributed by atoms with Gasteiger partial charge in [-0.25, -0.2) is 0 Å². The number of nitrogens with one attached hydrogen (secondary N) is 1. The number of rotatable bonds is 9. The van der Waals surface area contributed by atoms with Crippen molar-refractivity contribution < 1.29 is 18.3 Å². The number of anilines is 1. The maximum absolute atomic E-state index is 12.3. The Morgan fingerprint density at radius 3 is 2.55 bits per heavy atom. The summed E-state index contributed by atoms with van der Waals surface area (Å²) in [6, 6.07) is 5.25. The van der Waals surface area contributed by atoms with Gasteiger partial charge < -0.3 is 14.8 Å². The van der Waals surface area contributed by atoms with Gasteiger partial charge >= 0.3 is 6.61 Å². The molecule has 0 bridgehead atoms. The van der Waals surface area contributed by atoms with E-state index in [0.29, 0.717) is 5.75 Å². The number of unbranched alkanes of at least 4 members (excludes halogenated alkanes) is 2. The molecule has 5 heteroatoms. The highest BCUT2D eigenvalue weighted by atomic mass is 19.3. The highest BCUT2D eigenvalue weighted by molar-refractivity contribution is 5.55. The minimum Gasteiger partial charge on any atom is -0.493 e. The van der Waals surface area contributed by atoms with Gasteiger partial charge in [0.25, 0.3) is 0 Å². The van der Waals surface area contributed by atoms with Crippen LogP contribution in [-0.2, 0) is 0 Å². The van der Waals surface area contributed by atoms with Crippen LogP contribution in [0.1, 0.15) is 39.5 Å². The first-order valence-corrected chi connectivity index (χ1v) is 6.96. The second-order valence-electron chi connectivity index (χ2n) is 4.79. The first-order chi connectivity index (χ1) is 9.56. The normalized spacial score (nSPS) is 12.3. The van der Waals surface area contributed by atoms with Gasteiger partial charge in [0.1, 0.15) is 0 Å². The van der Waals surface area contributed by atoms with Crippen molar-refractivity contribution in [2.45, 2.75) is 52.2 Å².